The Morgan fingerprint density at radius 2 is 2.03 bits per heavy atom. The third-order valence-electron chi connectivity index (χ3n) is 5.55. The average Bonchev–Trinajstić information content (AvgIpc) is 3.43. The molecule has 2 aromatic heterocycles. The molecule has 0 spiro atoms. The van der Waals surface area contributed by atoms with Crippen LogP contribution in [0.25, 0.3) is 23.0 Å². The number of ether oxygens (including phenoxy) is 2. The van der Waals surface area contributed by atoms with Gasteiger partial charge in [0.05, 0.1) is 14.2 Å². The molecular weight excluding hydrogens is 384 g/mol. The predicted octanol–water partition coefficient (Wildman–Crippen LogP) is 3.62. The fourth-order valence-electron chi connectivity index (χ4n) is 3.87. The van der Waals surface area contributed by atoms with Gasteiger partial charge in [-0.1, -0.05) is 5.16 Å². The normalized spacial score (nSPS) is 16.5. The number of aromatic nitrogens is 3. The molecule has 1 fully saturated rings. The van der Waals surface area contributed by atoms with E-state index in [1.807, 2.05) is 33.9 Å². The van der Waals surface area contributed by atoms with E-state index in [0.29, 0.717) is 28.9 Å². The number of methoxy groups -OCH3 is 2. The van der Waals surface area contributed by atoms with Crippen LogP contribution in [0.4, 0.5) is 0 Å². The van der Waals surface area contributed by atoms with Gasteiger partial charge < -0.3 is 23.5 Å². The Balaban J connectivity index is 1.55. The van der Waals surface area contributed by atoms with Crippen LogP contribution < -0.4 is 9.47 Å². The molecule has 1 amide bonds. The van der Waals surface area contributed by atoms with Gasteiger partial charge in [-0.2, -0.15) is 4.98 Å². The van der Waals surface area contributed by atoms with E-state index in [1.165, 1.54) is 6.42 Å². The fraction of sp³-hybridized carbons (Fsp3) is 0.409. The van der Waals surface area contributed by atoms with E-state index >= 15 is 0 Å². The van der Waals surface area contributed by atoms with Crippen molar-refractivity contribution < 1.29 is 18.8 Å². The highest BCUT2D eigenvalue weighted by molar-refractivity contribution is 5.77. The zero-order valence-corrected chi connectivity index (χ0v) is 17.5. The Hall–Kier alpha value is -3.29. The van der Waals surface area contributed by atoms with Crippen LogP contribution in [0.1, 0.15) is 26.2 Å². The van der Waals surface area contributed by atoms with Crippen LogP contribution >= 0.6 is 0 Å². The van der Waals surface area contributed by atoms with Crippen molar-refractivity contribution in [2.24, 2.45) is 0 Å². The second-order valence-corrected chi connectivity index (χ2v) is 7.45. The van der Waals surface area contributed by atoms with Gasteiger partial charge in [-0.25, -0.2) is 0 Å². The Kier molecular flexibility index (Phi) is 5.74. The molecule has 0 radical (unpaired) electrons. The maximum absolute atomic E-state index is 12.8. The van der Waals surface area contributed by atoms with E-state index < -0.39 is 0 Å². The third kappa shape index (κ3) is 3.90. The molecule has 30 heavy (non-hydrogen) atoms. The number of rotatable bonds is 6. The highest BCUT2D eigenvalue weighted by Crippen LogP contribution is 2.32. The SMILES string of the molecule is COc1ccc(-c2noc(-c3cccn3CC(=O)N3CCCC[C@H]3C)n2)cc1OC. The number of piperidine rings is 1. The average molecular weight is 410 g/mol. The summed E-state index contributed by atoms with van der Waals surface area (Å²) in [5, 5.41) is 4.10. The standard InChI is InChI=1S/C22H26N4O4/c1-15-7-4-5-12-26(15)20(27)14-25-11-6-8-17(25)22-23-21(24-30-22)16-9-10-18(28-2)19(13-16)29-3/h6,8-11,13,15H,4-5,7,12,14H2,1-3H3/t15-/m1/s1. The topological polar surface area (TPSA) is 82.6 Å². The molecule has 8 nitrogen and oxygen atoms in total. The molecule has 0 aliphatic carbocycles. The molecule has 0 bridgehead atoms. The summed E-state index contributed by atoms with van der Waals surface area (Å²) < 4.78 is 18.0. The molecule has 0 saturated carbocycles. The molecule has 0 N–H and O–H groups in total. The Morgan fingerprint density at radius 1 is 1.20 bits per heavy atom. The Morgan fingerprint density at radius 3 is 2.80 bits per heavy atom. The first-order valence-electron chi connectivity index (χ1n) is 10.1. The van der Waals surface area contributed by atoms with Crippen LogP contribution in [0, 0.1) is 0 Å². The summed E-state index contributed by atoms with van der Waals surface area (Å²) in [4.78, 5) is 19.3. The van der Waals surface area contributed by atoms with E-state index in [-0.39, 0.29) is 18.5 Å². The molecule has 0 unspecified atom stereocenters. The van der Waals surface area contributed by atoms with E-state index in [1.54, 1.807) is 26.4 Å². The van der Waals surface area contributed by atoms with Crippen molar-refractivity contribution >= 4 is 5.91 Å². The summed E-state index contributed by atoms with van der Waals surface area (Å²) in [7, 11) is 3.17. The highest BCUT2D eigenvalue weighted by atomic mass is 16.5. The van der Waals surface area contributed by atoms with E-state index in [2.05, 4.69) is 17.1 Å². The van der Waals surface area contributed by atoms with Gasteiger partial charge in [0.1, 0.15) is 12.2 Å². The zero-order chi connectivity index (χ0) is 21.1. The summed E-state index contributed by atoms with van der Waals surface area (Å²) in [5.41, 5.74) is 1.46. The molecule has 4 rings (SSSR count). The minimum Gasteiger partial charge on any atom is -0.493 e. The summed E-state index contributed by atoms with van der Waals surface area (Å²) in [6, 6.07) is 9.47. The highest BCUT2D eigenvalue weighted by Gasteiger charge is 2.24. The first-order valence-corrected chi connectivity index (χ1v) is 10.1. The van der Waals surface area contributed by atoms with Gasteiger partial charge in [-0.15, -0.1) is 0 Å². The van der Waals surface area contributed by atoms with Crippen molar-refractivity contribution in [1.29, 1.82) is 0 Å². The van der Waals surface area contributed by atoms with Crippen LogP contribution in [0.2, 0.25) is 0 Å². The summed E-state index contributed by atoms with van der Waals surface area (Å²) >= 11 is 0. The van der Waals surface area contributed by atoms with E-state index in [9.17, 15) is 4.79 Å². The minimum absolute atomic E-state index is 0.110. The molecule has 1 saturated heterocycles. The predicted molar refractivity (Wildman–Crippen MR) is 111 cm³/mol. The molecule has 1 atom stereocenters. The van der Waals surface area contributed by atoms with Gasteiger partial charge in [-0.05, 0) is 56.5 Å². The molecule has 8 heteroatoms. The van der Waals surface area contributed by atoms with Crippen LogP contribution in [-0.2, 0) is 11.3 Å². The first-order chi connectivity index (χ1) is 14.6. The molecule has 1 aliphatic heterocycles. The molecule has 1 aliphatic rings. The molecular formula is C22H26N4O4. The second-order valence-electron chi connectivity index (χ2n) is 7.45. The Bertz CT molecular complexity index is 1030. The van der Waals surface area contributed by atoms with Gasteiger partial charge in [0.15, 0.2) is 11.5 Å². The number of amides is 1. The van der Waals surface area contributed by atoms with Gasteiger partial charge >= 0.3 is 0 Å². The number of hydrogen-bond acceptors (Lipinski definition) is 6. The van der Waals surface area contributed by atoms with Gasteiger partial charge in [0, 0.05) is 24.3 Å². The Labute approximate surface area is 175 Å². The molecule has 1 aromatic carbocycles. The van der Waals surface area contributed by atoms with Crippen molar-refractivity contribution in [1.82, 2.24) is 19.6 Å². The van der Waals surface area contributed by atoms with Crippen molar-refractivity contribution in [3.05, 3.63) is 36.5 Å². The maximum atomic E-state index is 12.8. The van der Waals surface area contributed by atoms with Crippen molar-refractivity contribution in [2.75, 3.05) is 20.8 Å². The van der Waals surface area contributed by atoms with E-state index in [0.717, 1.165) is 24.9 Å². The van der Waals surface area contributed by atoms with Crippen molar-refractivity contribution in [3.63, 3.8) is 0 Å². The van der Waals surface area contributed by atoms with Crippen molar-refractivity contribution in [3.8, 4) is 34.5 Å². The van der Waals surface area contributed by atoms with Crippen LogP contribution in [0.5, 0.6) is 11.5 Å². The van der Waals surface area contributed by atoms with Gasteiger partial charge in [0.25, 0.3) is 5.89 Å². The molecule has 3 aromatic rings. The number of likely N-dealkylation sites (tertiary alicyclic amines) is 1. The van der Waals surface area contributed by atoms with Crippen LogP contribution in [0.3, 0.4) is 0 Å². The maximum Gasteiger partial charge on any atom is 0.274 e. The monoisotopic (exact) mass is 410 g/mol. The van der Waals surface area contributed by atoms with E-state index in [4.69, 9.17) is 14.0 Å². The second kappa shape index (κ2) is 8.61. The smallest absolute Gasteiger partial charge is 0.274 e. The number of carbonyl (C=O) groups is 1. The number of nitrogens with zero attached hydrogens (tertiary/aromatic N) is 4. The molecule has 158 valence electrons. The lowest BCUT2D eigenvalue weighted by Crippen LogP contribution is -2.43. The quantitative estimate of drug-likeness (QED) is 0.617. The summed E-state index contributed by atoms with van der Waals surface area (Å²) in [5.74, 6) is 2.13. The lowest BCUT2D eigenvalue weighted by molar-refractivity contribution is -0.135. The van der Waals surface area contributed by atoms with Crippen molar-refractivity contribution in [2.45, 2.75) is 38.8 Å². The minimum atomic E-state index is 0.110. The largest absolute Gasteiger partial charge is 0.493 e. The van der Waals surface area contributed by atoms with Crippen LogP contribution in [0.15, 0.2) is 41.1 Å². The summed E-state index contributed by atoms with van der Waals surface area (Å²) in [6.45, 7) is 3.18. The number of benzene rings is 1. The number of hydrogen-bond donors (Lipinski definition) is 0. The number of carbonyl (C=O) groups excluding carboxylic acids is 1. The fourth-order valence-corrected chi connectivity index (χ4v) is 3.87. The van der Waals surface area contributed by atoms with Gasteiger partial charge in [0.2, 0.25) is 11.7 Å². The zero-order valence-electron chi connectivity index (χ0n) is 17.5. The third-order valence-corrected chi connectivity index (χ3v) is 5.55. The lowest BCUT2D eigenvalue weighted by atomic mass is 10.0. The molecule has 3 heterocycles. The summed E-state index contributed by atoms with van der Waals surface area (Å²) in [6.07, 6.45) is 5.17. The van der Waals surface area contributed by atoms with Gasteiger partial charge in [-0.3, -0.25) is 4.79 Å². The van der Waals surface area contributed by atoms with Crippen LogP contribution in [-0.4, -0.2) is 52.3 Å². The first kappa shape index (κ1) is 20.0. The lowest BCUT2D eigenvalue weighted by Gasteiger charge is -2.33.